The highest BCUT2D eigenvalue weighted by atomic mass is 16.6. The van der Waals surface area contributed by atoms with E-state index < -0.39 is 5.41 Å². The average Bonchev–Trinajstić information content (AvgIpc) is 2.60. The highest BCUT2D eigenvalue weighted by Gasteiger charge is 2.33. The second kappa shape index (κ2) is 8.15. The fourth-order valence-electron chi connectivity index (χ4n) is 2.80. The molecule has 6 heteroatoms. The van der Waals surface area contributed by atoms with Crippen LogP contribution in [0.4, 0.5) is 4.79 Å². The van der Waals surface area contributed by atoms with Gasteiger partial charge in [0.15, 0.2) is 0 Å². The Morgan fingerprint density at radius 3 is 2.29 bits per heavy atom. The Kier molecular flexibility index (Phi) is 6.20. The smallest absolute Gasteiger partial charge is 0.410 e. The van der Waals surface area contributed by atoms with Gasteiger partial charge in [0.1, 0.15) is 6.61 Å². The van der Waals surface area contributed by atoms with Crippen LogP contribution in [-0.4, -0.2) is 61.7 Å². The Labute approximate surface area is 143 Å². The molecule has 0 unspecified atom stereocenters. The van der Waals surface area contributed by atoms with Crippen LogP contribution in [0.1, 0.15) is 19.4 Å². The zero-order chi connectivity index (χ0) is 17.6. The fraction of sp³-hybridized carbons (Fsp3) is 0.556. The lowest BCUT2D eigenvalue weighted by Gasteiger charge is -2.37. The van der Waals surface area contributed by atoms with Crippen molar-refractivity contribution < 1.29 is 19.1 Å². The molecule has 0 spiro atoms. The van der Waals surface area contributed by atoms with Crippen LogP contribution < -0.4 is 0 Å². The molecule has 0 radical (unpaired) electrons. The molecule has 1 amide bonds. The SMILES string of the molecule is COC(=O)C(C)(C)CN1CCN(C(=O)OCc2ccccc2)CC1. The minimum atomic E-state index is -0.551. The molecule has 2 rings (SSSR count). The quantitative estimate of drug-likeness (QED) is 0.772. The molecule has 6 nitrogen and oxygen atoms in total. The predicted octanol–water partition coefficient (Wildman–Crippen LogP) is 2.14. The summed E-state index contributed by atoms with van der Waals surface area (Å²) in [6.45, 7) is 7.30. The van der Waals surface area contributed by atoms with E-state index in [1.165, 1.54) is 7.11 Å². The summed E-state index contributed by atoms with van der Waals surface area (Å²) in [5.41, 5.74) is 0.425. The Morgan fingerprint density at radius 2 is 1.71 bits per heavy atom. The maximum absolute atomic E-state index is 12.1. The molecule has 0 saturated carbocycles. The van der Waals surface area contributed by atoms with Crippen molar-refractivity contribution in [3.63, 3.8) is 0 Å². The Morgan fingerprint density at radius 1 is 1.08 bits per heavy atom. The molecule has 1 aromatic carbocycles. The van der Waals surface area contributed by atoms with Crippen molar-refractivity contribution in [1.82, 2.24) is 9.80 Å². The van der Waals surface area contributed by atoms with Gasteiger partial charge in [0.2, 0.25) is 0 Å². The lowest BCUT2D eigenvalue weighted by atomic mass is 9.92. The number of nitrogens with zero attached hydrogens (tertiary/aromatic N) is 2. The largest absolute Gasteiger partial charge is 0.469 e. The molecule has 24 heavy (non-hydrogen) atoms. The van der Waals surface area contributed by atoms with Crippen molar-refractivity contribution in [1.29, 1.82) is 0 Å². The van der Waals surface area contributed by atoms with Gasteiger partial charge in [-0.25, -0.2) is 4.79 Å². The molecule has 1 aliphatic heterocycles. The second-order valence-electron chi connectivity index (χ2n) is 6.68. The van der Waals surface area contributed by atoms with Crippen LogP contribution in [0.2, 0.25) is 0 Å². The molecule has 0 aromatic heterocycles. The van der Waals surface area contributed by atoms with Gasteiger partial charge in [-0.15, -0.1) is 0 Å². The summed E-state index contributed by atoms with van der Waals surface area (Å²) < 4.78 is 10.2. The Balaban J connectivity index is 1.76. The molecule has 1 aromatic rings. The standard InChI is InChI=1S/C18H26N2O4/c1-18(2,16(21)23-3)14-19-9-11-20(12-10-19)17(22)24-13-15-7-5-4-6-8-15/h4-8H,9-14H2,1-3H3. The van der Waals surface area contributed by atoms with Crippen molar-refractivity contribution >= 4 is 12.1 Å². The minimum Gasteiger partial charge on any atom is -0.469 e. The van der Waals surface area contributed by atoms with Gasteiger partial charge in [-0.1, -0.05) is 30.3 Å². The molecule has 0 N–H and O–H groups in total. The number of esters is 1. The molecule has 0 atom stereocenters. The van der Waals surface area contributed by atoms with Crippen molar-refractivity contribution in [2.75, 3.05) is 39.8 Å². The normalized spacial score (nSPS) is 15.9. The summed E-state index contributed by atoms with van der Waals surface area (Å²) in [5.74, 6) is -0.216. The molecule has 1 fully saturated rings. The summed E-state index contributed by atoms with van der Waals surface area (Å²) in [6, 6.07) is 9.64. The van der Waals surface area contributed by atoms with E-state index in [0.717, 1.165) is 18.7 Å². The summed E-state index contributed by atoms with van der Waals surface area (Å²) in [4.78, 5) is 27.8. The Bertz CT molecular complexity index is 551. The minimum absolute atomic E-state index is 0.216. The van der Waals surface area contributed by atoms with E-state index in [0.29, 0.717) is 19.6 Å². The number of hydrogen-bond donors (Lipinski definition) is 0. The predicted molar refractivity (Wildman–Crippen MR) is 90.4 cm³/mol. The van der Waals surface area contributed by atoms with Crippen molar-refractivity contribution in [2.45, 2.75) is 20.5 Å². The lowest BCUT2D eigenvalue weighted by Crippen LogP contribution is -2.52. The molecule has 0 bridgehead atoms. The van der Waals surface area contributed by atoms with E-state index >= 15 is 0 Å². The number of hydrogen-bond acceptors (Lipinski definition) is 5. The number of carbonyl (C=O) groups excluding carboxylic acids is 2. The molecular formula is C18H26N2O4. The highest BCUT2D eigenvalue weighted by Crippen LogP contribution is 2.20. The topological polar surface area (TPSA) is 59.1 Å². The van der Waals surface area contributed by atoms with Crippen LogP contribution in [-0.2, 0) is 20.9 Å². The third-order valence-electron chi connectivity index (χ3n) is 4.19. The summed E-state index contributed by atoms with van der Waals surface area (Å²) in [7, 11) is 1.41. The first-order valence-electron chi connectivity index (χ1n) is 8.19. The van der Waals surface area contributed by atoms with Gasteiger partial charge >= 0.3 is 12.1 Å². The molecule has 0 aliphatic carbocycles. The highest BCUT2D eigenvalue weighted by molar-refractivity contribution is 5.76. The number of piperazine rings is 1. The average molecular weight is 334 g/mol. The van der Waals surface area contributed by atoms with E-state index in [9.17, 15) is 9.59 Å². The first kappa shape index (κ1) is 18.3. The molecule has 1 heterocycles. The van der Waals surface area contributed by atoms with Gasteiger partial charge in [-0.05, 0) is 19.4 Å². The summed E-state index contributed by atoms with van der Waals surface area (Å²) >= 11 is 0. The number of carbonyl (C=O) groups is 2. The van der Waals surface area contributed by atoms with Crippen LogP contribution >= 0.6 is 0 Å². The molecule has 132 valence electrons. The van der Waals surface area contributed by atoms with Crippen LogP contribution in [0.3, 0.4) is 0 Å². The van der Waals surface area contributed by atoms with Gasteiger partial charge in [0, 0.05) is 32.7 Å². The van der Waals surface area contributed by atoms with E-state index in [-0.39, 0.29) is 18.7 Å². The van der Waals surface area contributed by atoms with Crippen molar-refractivity contribution in [3.8, 4) is 0 Å². The fourth-order valence-corrected chi connectivity index (χ4v) is 2.80. The van der Waals surface area contributed by atoms with Gasteiger partial charge in [0.05, 0.1) is 12.5 Å². The maximum Gasteiger partial charge on any atom is 0.410 e. The monoisotopic (exact) mass is 334 g/mol. The summed E-state index contributed by atoms with van der Waals surface area (Å²) in [6.07, 6.45) is -0.286. The van der Waals surface area contributed by atoms with E-state index in [4.69, 9.17) is 9.47 Å². The van der Waals surface area contributed by atoms with E-state index in [2.05, 4.69) is 4.90 Å². The van der Waals surface area contributed by atoms with Crippen LogP contribution in [0.25, 0.3) is 0 Å². The number of ether oxygens (including phenoxy) is 2. The van der Waals surface area contributed by atoms with E-state index in [1.54, 1.807) is 4.90 Å². The second-order valence-corrected chi connectivity index (χ2v) is 6.68. The maximum atomic E-state index is 12.1. The van der Waals surface area contributed by atoms with Crippen LogP contribution in [0, 0.1) is 5.41 Å². The number of benzene rings is 1. The first-order valence-corrected chi connectivity index (χ1v) is 8.19. The summed E-state index contributed by atoms with van der Waals surface area (Å²) in [5, 5.41) is 0. The number of rotatable bonds is 5. The van der Waals surface area contributed by atoms with Gasteiger partial charge in [-0.3, -0.25) is 9.69 Å². The number of amides is 1. The molecule has 1 saturated heterocycles. The zero-order valence-electron chi connectivity index (χ0n) is 14.7. The molecular weight excluding hydrogens is 308 g/mol. The van der Waals surface area contributed by atoms with E-state index in [1.807, 2.05) is 44.2 Å². The van der Waals surface area contributed by atoms with Gasteiger partial charge < -0.3 is 14.4 Å². The third-order valence-corrected chi connectivity index (χ3v) is 4.19. The van der Waals surface area contributed by atoms with Gasteiger partial charge in [-0.2, -0.15) is 0 Å². The number of methoxy groups -OCH3 is 1. The molecule has 1 aliphatic rings. The first-order chi connectivity index (χ1) is 11.4. The van der Waals surface area contributed by atoms with Crippen LogP contribution in [0.15, 0.2) is 30.3 Å². The van der Waals surface area contributed by atoms with Crippen molar-refractivity contribution in [2.24, 2.45) is 5.41 Å². The third kappa shape index (κ3) is 4.96. The van der Waals surface area contributed by atoms with Gasteiger partial charge in [0.25, 0.3) is 0 Å². The lowest BCUT2D eigenvalue weighted by molar-refractivity contribution is -0.152. The van der Waals surface area contributed by atoms with Crippen molar-refractivity contribution in [3.05, 3.63) is 35.9 Å². The van der Waals surface area contributed by atoms with Crippen LogP contribution in [0.5, 0.6) is 0 Å². The Hall–Kier alpha value is -2.08. The zero-order valence-corrected chi connectivity index (χ0v) is 14.7.